The Balaban J connectivity index is 0.865. The van der Waals surface area contributed by atoms with Crippen molar-refractivity contribution in [3.63, 3.8) is 0 Å². The van der Waals surface area contributed by atoms with E-state index >= 15 is 0 Å². The number of aliphatic carboxylic acids is 1. The topological polar surface area (TPSA) is 500 Å². The lowest BCUT2D eigenvalue weighted by Crippen LogP contribution is -2.70. The summed E-state index contributed by atoms with van der Waals surface area (Å²) in [5.41, 5.74) is -5.24. The van der Waals surface area contributed by atoms with Crippen molar-refractivity contribution in [3.05, 3.63) is 11.6 Å². The van der Waals surface area contributed by atoms with E-state index in [1.54, 1.807) is 6.92 Å². The molecule has 18 N–H and O–H groups in total. The van der Waals surface area contributed by atoms with Gasteiger partial charge in [-0.2, -0.15) is 0 Å². The fraction of sp³-hybridized carbons (Fsp3) is 0.937. The highest BCUT2D eigenvalue weighted by Gasteiger charge is 2.71. The Morgan fingerprint density at radius 3 is 1.84 bits per heavy atom. The minimum absolute atomic E-state index is 0.0226. The Morgan fingerprint density at radius 2 is 1.20 bits per heavy atom. The second kappa shape index (κ2) is 27.5. The van der Waals surface area contributed by atoms with Crippen LogP contribution in [0.5, 0.6) is 0 Å². The fourth-order valence-electron chi connectivity index (χ4n) is 18.4. The van der Waals surface area contributed by atoms with Crippen molar-refractivity contribution in [2.45, 2.75) is 278 Å². The lowest BCUT2D eigenvalue weighted by Gasteiger charge is -2.72. The van der Waals surface area contributed by atoms with Crippen LogP contribution in [-0.2, 0) is 61.7 Å². The average molecular weight is 1360 g/mol. The molecular weight excluding hydrogens is 1250 g/mol. The third-order valence-corrected chi connectivity index (χ3v) is 24.5. The molecule has 0 aromatic heterocycles. The smallest absolute Gasteiger partial charge is 0.335 e. The first-order valence-electron chi connectivity index (χ1n) is 32.9. The van der Waals surface area contributed by atoms with Crippen molar-refractivity contribution in [1.29, 1.82) is 0 Å². The molecule has 7 unspecified atom stereocenters. The van der Waals surface area contributed by atoms with Gasteiger partial charge in [0.25, 0.3) is 0 Å². The van der Waals surface area contributed by atoms with Gasteiger partial charge in [-0.05, 0) is 118 Å². The number of aliphatic hydroxyl groups excluding tert-OH is 17. The number of allylic oxidation sites excluding steroid dienone is 2. The summed E-state index contributed by atoms with van der Waals surface area (Å²) >= 11 is 0. The molecule has 540 valence electrons. The van der Waals surface area contributed by atoms with Gasteiger partial charge in [0.15, 0.2) is 37.6 Å². The van der Waals surface area contributed by atoms with Crippen LogP contribution in [0.1, 0.15) is 113 Å². The zero-order chi connectivity index (χ0) is 69.1. The van der Waals surface area contributed by atoms with Crippen LogP contribution in [-0.4, -0.2) is 309 Å². The maximum Gasteiger partial charge on any atom is 0.335 e. The van der Waals surface area contributed by atoms with Crippen molar-refractivity contribution in [2.75, 3.05) is 39.6 Å². The molecule has 5 aliphatic heterocycles. The molecule has 0 spiro atoms. The Bertz CT molecular complexity index is 2670. The summed E-state index contributed by atoms with van der Waals surface area (Å²) in [5.74, 6) is -2.75. The van der Waals surface area contributed by atoms with Gasteiger partial charge in [-0.1, -0.05) is 46.3 Å². The molecule has 0 amide bonds. The lowest BCUT2D eigenvalue weighted by molar-refractivity contribution is -0.409. The third kappa shape index (κ3) is 12.6. The number of fused-ring (bicyclic) bond motifs is 7. The van der Waals surface area contributed by atoms with Crippen LogP contribution in [0.2, 0.25) is 0 Å². The van der Waals surface area contributed by atoms with E-state index in [0.29, 0.717) is 38.5 Å². The molecule has 94 heavy (non-hydrogen) atoms. The van der Waals surface area contributed by atoms with E-state index in [0.717, 1.165) is 5.57 Å². The van der Waals surface area contributed by atoms with Crippen molar-refractivity contribution in [1.82, 2.24) is 0 Å². The molecule has 31 heteroatoms. The van der Waals surface area contributed by atoms with E-state index in [1.807, 2.05) is 0 Å². The summed E-state index contributed by atoms with van der Waals surface area (Å²) in [6, 6.07) is 0. The maximum atomic E-state index is 14.2. The van der Waals surface area contributed by atoms with Gasteiger partial charge in [0, 0.05) is 5.41 Å². The monoisotopic (exact) mass is 1350 g/mol. The summed E-state index contributed by atoms with van der Waals surface area (Å²) in [6.45, 7) is 11.7. The molecule has 0 aromatic rings. The van der Waals surface area contributed by atoms with Gasteiger partial charge < -0.3 is 144 Å². The van der Waals surface area contributed by atoms with Gasteiger partial charge in [0.05, 0.1) is 56.8 Å². The van der Waals surface area contributed by atoms with Gasteiger partial charge in [-0.15, -0.1) is 0 Å². The average Bonchev–Trinajstić information content (AvgIpc) is 0.674. The molecular formula is C63H102O31. The second-order valence-electron chi connectivity index (χ2n) is 30.4. The number of carbonyl (C=O) groups excluding carboxylic acids is 1. The first-order chi connectivity index (χ1) is 43.9. The molecule has 5 heterocycles. The minimum Gasteiger partial charge on any atom is -0.479 e. The number of aliphatic hydroxyl groups is 17. The third-order valence-electron chi connectivity index (χ3n) is 24.5. The number of carboxylic acid groups (broad SMARTS) is 1. The first kappa shape index (κ1) is 74.3. The van der Waals surface area contributed by atoms with E-state index in [-0.39, 0.29) is 43.1 Å². The van der Waals surface area contributed by atoms with Crippen LogP contribution in [0.15, 0.2) is 11.6 Å². The van der Waals surface area contributed by atoms with Crippen LogP contribution in [0, 0.1) is 50.2 Å². The lowest BCUT2D eigenvalue weighted by atomic mass is 9.33. The van der Waals surface area contributed by atoms with Gasteiger partial charge in [-0.25, -0.2) is 4.79 Å². The van der Waals surface area contributed by atoms with E-state index in [9.17, 15) is 102 Å². The second-order valence-corrected chi connectivity index (χ2v) is 30.4. The minimum atomic E-state index is -2.00. The quantitative estimate of drug-likeness (QED) is 0.0348. The molecule has 0 aromatic carbocycles. The van der Waals surface area contributed by atoms with E-state index < -0.39 is 243 Å². The van der Waals surface area contributed by atoms with Crippen molar-refractivity contribution in [2.24, 2.45) is 50.2 Å². The summed E-state index contributed by atoms with van der Waals surface area (Å²) in [7, 11) is 0. The highest BCUT2D eigenvalue weighted by Crippen LogP contribution is 2.76. The summed E-state index contributed by atoms with van der Waals surface area (Å²) in [5, 5.41) is 195. The van der Waals surface area contributed by atoms with Crippen LogP contribution in [0.4, 0.5) is 0 Å². The predicted octanol–water partition coefficient (Wildman–Crippen LogP) is -4.74. The van der Waals surface area contributed by atoms with Crippen LogP contribution >= 0.6 is 0 Å². The Morgan fingerprint density at radius 1 is 0.606 bits per heavy atom. The predicted molar refractivity (Wildman–Crippen MR) is 313 cm³/mol. The Labute approximate surface area is 543 Å². The zero-order valence-corrected chi connectivity index (χ0v) is 54.3. The molecule has 5 aliphatic carbocycles. The number of hydrogen-bond donors (Lipinski definition) is 18. The van der Waals surface area contributed by atoms with Gasteiger partial charge in [0.2, 0.25) is 0 Å². The molecule has 10 aliphatic rings. The molecule has 31 nitrogen and oxygen atoms in total. The zero-order valence-electron chi connectivity index (χ0n) is 54.3. The summed E-state index contributed by atoms with van der Waals surface area (Å²) < 4.78 is 65.8. The summed E-state index contributed by atoms with van der Waals surface area (Å²) in [6.07, 6.45) is -37.2. The van der Waals surface area contributed by atoms with Crippen LogP contribution in [0.3, 0.4) is 0 Å². The van der Waals surface area contributed by atoms with Gasteiger partial charge in [0.1, 0.15) is 116 Å². The van der Waals surface area contributed by atoms with Crippen molar-refractivity contribution in [3.8, 4) is 0 Å². The molecule has 4 saturated carbocycles. The molecule has 35 atom stereocenters. The number of hydrogen-bond acceptors (Lipinski definition) is 30. The number of carboxylic acids is 1. The Kier molecular flexibility index (Phi) is 21.7. The van der Waals surface area contributed by atoms with Gasteiger partial charge >= 0.3 is 11.9 Å². The first-order valence-corrected chi connectivity index (χ1v) is 32.9. The van der Waals surface area contributed by atoms with Crippen LogP contribution < -0.4 is 0 Å². The molecule has 10 rings (SSSR count). The number of ether oxygens (including phenoxy) is 11. The van der Waals surface area contributed by atoms with Gasteiger partial charge in [-0.3, -0.25) is 4.79 Å². The standard InChI is InChI=1S/C63H102O31/c1-25-35(69)38(72)44(78)52(87-25)92-47-41(75)37(71)30(20-65)89-55(47)94-62(8)24-86-54(48(49(62)80)93-53-45(79)39(73)36(70)29(19-64)88-53)90-34-12-13-59(5)31(57(34,2)3)11-14-60(6)32(59)10-9-27-28-17-58(4,15-16-63(28,23-66)33(68)18-61(27,60)7)56(83)85-22-26(67)21-84-51-43(77)40(74)42(76)46(91-51)50(81)82/h9,25-26,28-49,51-55,64-80H,10-24H2,1-8H3,(H,81,82)/t25-,26?,28?,29+,30+,31?,32?,33+,34-,35-,36+,37+,38+,39-,40-,41-,42-,43+,44+,45+,46-,47?,48?,49+,51+,52-,53+,54-,55?,58-,59-,60+,61+,62+,63+/m0/s1. The Hall–Kier alpha value is -2.40. The van der Waals surface area contributed by atoms with Crippen LogP contribution in [0.25, 0.3) is 0 Å². The molecule has 5 saturated heterocycles. The number of carbonyl (C=O) groups is 2. The van der Waals surface area contributed by atoms with E-state index in [4.69, 9.17) is 52.1 Å². The molecule has 0 radical (unpaired) electrons. The largest absolute Gasteiger partial charge is 0.479 e. The number of rotatable bonds is 18. The normalized spacial score (nSPS) is 53.0. The number of esters is 1. The molecule has 0 bridgehead atoms. The highest BCUT2D eigenvalue weighted by atomic mass is 16.8. The fourth-order valence-corrected chi connectivity index (χ4v) is 18.4. The van der Waals surface area contributed by atoms with E-state index in [2.05, 4.69) is 40.7 Å². The SMILES string of the molecule is C[C@@H]1O[C@@H](OC2C(O[C@]3(C)CO[C@@H](O[C@H]4CC[C@@]5(C)C(CC[C@]6(C)C5CC=C5C7C[C@@](C)(C(=O)OCC(O)CO[C@@H]8O[C@H](C(=O)O)[C@@H](O)[C@H](O)[C@H]8O)CC[C@]7(CO)[C@H](O)C[C@]56C)C4(C)C)C(O[C@H]4O[C@H](CO)[C@@H](O)[C@H](O)[C@H]4O)[C@H]3O)O[C@H](CO)[C@@H](O)[C@@H]2O)[C@H](O)[C@H](O)[C@H]1O. The summed E-state index contributed by atoms with van der Waals surface area (Å²) in [4.78, 5) is 25.8. The highest BCUT2D eigenvalue weighted by molar-refractivity contribution is 5.77. The van der Waals surface area contributed by atoms with Crippen molar-refractivity contribution < 1.29 is 154 Å². The molecule has 9 fully saturated rings. The van der Waals surface area contributed by atoms with E-state index in [1.165, 1.54) is 13.8 Å². The van der Waals surface area contributed by atoms with Crippen molar-refractivity contribution >= 4 is 11.9 Å². The maximum absolute atomic E-state index is 14.2.